The molecule has 0 saturated heterocycles. The van der Waals surface area contributed by atoms with Crippen LogP contribution in [0.25, 0.3) is 0 Å². The molecule has 1 aromatic rings. The van der Waals surface area contributed by atoms with E-state index in [2.05, 4.69) is 20.9 Å². The molecule has 0 aliphatic heterocycles. The average molecular weight is 263 g/mol. The molecule has 0 fully saturated rings. The van der Waals surface area contributed by atoms with Crippen molar-refractivity contribution < 1.29 is 8.78 Å². The second kappa shape index (κ2) is 4.33. The van der Waals surface area contributed by atoms with Gasteiger partial charge in [-0.3, -0.25) is 4.79 Å². The highest BCUT2D eigenvalue weighted by molar-refractivity contribution is 9.10. The molecule has 1 aromatic heterocycles. The van der Waals surface area contributed by atoms with Crippen molar-refractivity contribution in [3.8, 4) is 6.07 Å². The topological polar surface area (TPSA) is 56.6 Å². The van der Waals surface area contributed by atoms with Crippen molar-refractivity contribution in [3.05, 3.63) is 32.2 Å². The number of nitriles is 1. The highest BCUT2D eigenvalue weighted by Gasteiger charge is 2.14. The van der Waals surface area contributed by atoms with Crippen LogP contribution >= 0.6 is 15.9 Å². The van der Waals surface area contributed by atoms with Gasteiger partial charge in [-0.05, 0) is 22.0 Å². The molecule has 0 aromatic carbocycles. The minimum atomic E-state index is -2.68. The van der Waals surface area contributed by atoms with E-state index in [0.717, 1.165) is 6.07 Å². The van der Waals surface area contributed by atoms with Crippen LogP contribution in [0.5, 0.6) is 0 Å². The van der Waals surface area contributed by atoms with Gasteiger partial charge in [0.05, 0.1) is 17.1 Å². The fraction of sp³-hybridized carbons (Fsp3) is 0.250. The van der Waals surface area contributed by atoms with Gasteiger partial charge in [-0.1, -0.05) is 0 Å². The maximum Gasteiger partial charge on any atom is 0.266 e. The van der Waals surface area contributed by atoms with Crippen molar-refractivity contribution in [2.45, 2.75) is 12.8 Å². The predicted octanol–water partition coefficient (Wildman–Crippen LogP) is 2.14. The number of H-pyrrole nitrogens is 1. The summed E-state index contributed by atoms with van der Waals surface area (Å²) in [5.41, 5.74) is -0.788. The maximum atomic E-state index is 12.3. The first-order chi connectivity index (χ1) is 6.56. The summed E-state index contributed by atoms with van der Waals surface area (Å²) < 4.78 is 24.6. The number of nitrogens with zero attached hydrogens (tertiary/aromatic N) is 1. The maximum absolute atomic E-state index is 12.3. The van der Waals surface area contributed by atoms with Crippen molar-refractivity contribution in [2.24, 2.45) is 0 Å². The Labute approximate surface area is 86.5 Å². The number of alkyl halides is 2. The average Bonchev–Trinajstić information content (AvgIpc) is 2.09. The molecular formula is C8H5BrF2N2O. The van der Waals surface area contributed by atoms with Crippen molar-refractivity contribution in [1.29, 1.82) is 5.26 Å². The largest absolute Gasteiger partial charge is 0.316 e. The molecule has 0 aliphatic carbocycles. The molecule has 1 rings (SSSR count). The highest BCUT2D eigenvalue weighted by Crippen LogP contribution is 2.24. The third kappa shape index (κ3) is 2.17. The van der Waals surface area contributed by atoms with Crippen LogP contribution in [0.15, 0.2) is 15.5 Å². The van der Waals surface area contributed by atoms with Gasteiger partial charge in [-0.2, -0.15) is 5.26 Å². The molecule has 0 atom stereocenters. The number of aromatic amines is 1. The smallest absolute Gasteiger partial charge is 0.266 e. The first-order valence-corrected chi connectivity index (χ1v) is 4.42. The summed E-state index contributed by atoms with van der Waals surface area (Å²) in [4.78, 5) is 13.3. The van der Waals surface area contributed by atoms with E-state index >= 15 is 0 Å². The number of rotatable bonds is 2. The van der Waals surface area contributed by atoms with Crippen LogP contribution < -0.4 is 5.56 Å². The molecule has 1 N–H and O–H groups in total. The SMILES string of the molecule is N#CCc1cc(C(F)F)c(Br)[nH]c1=O. The first kappa shape index (κ1) is 10.9. The van der Waals surface area contributed by atoms with Crippen molar-refractivity contribution >= 4 is 15.9 Å². The molecular weight excluding hydrogens is 258 g/mol. The van der Waals surface area contributed by atoms with Gasteiger partial charge in [0.15, 0.2) is 0 Å². The molecule has 0 saturated carbocycles. The molecule has 74 valence electrons. The molecule has 1 heterocycles. The van der Waals surface area contributed by atoms with Gasteiger partial charge in [0.1, 0.15) is 0 Å². The van der Waals surface area contributed by atoms with E-state index in [4.69, 9.17) is 5.26 Å². The van der Waals surface area contributed by atoms with E-state index in [0.29, 0.717) is 0 Å². The van der Waals surface area contributed by atoms with Crippen LogP contribution in [0.2, 0.25) is 0 Å². The molecule has 0 amide bonds. The minimum absolute atomic E-state index is 0.0424. The highest BCUT2D eigenvalue weighted by atomic mass is 79.9. The van der Waals surface area contributed by atoms with Gasteiger partial charge in [0, 0.05) is 11.1 Å². The van der Waals surface area contributed by atoms with Gasteiger partial charge in [0.25, 0.3) is 12.0 Å². The number of hydrogen-bond acceptors (Lipinski definition) is 2. The Morgan fingerprint density at radius 2 is 2.29 bits per heavy atom. The third-order valence-corrected chi connectivity index (χ3v) is 2.26. The summed E-state index contributed by atoms with van der Waals surface area (Å²) in [5.74, 6) is 0. The molecule has 3 nitrogen and oxygen atoms in total. The van der Waals surface area contributed by atoms with Gasteiger partial charge < -0.3 is 4.98 Å². The third-order valence-electron chi connectivity index (χ3n) is 1.60. The molecule has 0 spiro atoms. The normalized spacial score (nSPS) is 10.2. The van der Waals surface area contributed by atoms with Crippen LogP contribution in [-0.4, -0.2) is 4.98 Å². The standard InChI is InChI=1S/C8H5BrF2N2O/c9-6-5(7(10)11)3-4(1-2-12)8(14)13-6/h3,7H,1H2,(H,13,14). The van der Waals surface area contributed by atoms with Gasteiger partial charge in [0.2, 0.25) is 0 Å². The second-order valence-electron chi connectivity index (χ2n) is 2.53. The summed E-state index contributed by atoms with van der Waals surface area (Å²) >= 11 is 2.81. The number of hydrogen-bond donors (Lipinski definition) is 1. The summed E-state index contributed by atoms with van der Waals surface area (Å²) in [6, 6.07) is 2.77. The number of nitrogens with one attached hydrogen (secondary N) is 1. The monoisotopic (exact) mass is 262 g/mol. The van der Waals surface area contributed by atoms with Gasteiger partial charge >= 0.3 is 0 Å². The van der Waals surface area contributed by atoms with Crippen LogP contribution in [-0.2, 0) is 6.42 Å². The first-order valence-electron chi connectivity index (χ1n) is 3.63. The summed E-state index contributed by atoms with van der Waals surface area (Å²) in [7, 11) is 0. The Bertz CT molecular complexity index is 436. The minimum Gasteiger partial charge on any atom is -0.316 e. The lowest BCUT2D eigenvalue weighted by atomic mass is 10.1. The Hall–Kier alpha value is -1.22. The van der Waals surface area contributed by atoms with Crippen LogP contribution in [0.3, 0.4) is 0 Å². The van der Waals surface area contributed by atoms with E-state index in [-0.39, 0.29) is 22.2 Å². The van der Waals surface area contributed by atoms with E-state index in [1.807, 2.05) is 0 Å². The quantitative estimate of drug-likeness (QED) is 0.831. The molecule has 0 unspecified atom stereocenters. The van der Waals surface area contributed by atoms with Crippen molar-refractivity contribution in [1.82, 2.24) is 4.98 Å². The lowest BCUT2D eigenvalue weighted by Gasteiger charge is -2.03. The fourth-order valence-corrected chi connectivity index (χ4v) is 1.41. The zero-order valence-corrected chi connectivity index (χ0v) is 8.44. The molecule has 6 heteroatoms. The van der Waals surface area contributed by atoms with Gasteiger partial charge in [-0.15, -0.1) is 0 Å². The number of halogens is 3. The van der Waals surface area contributed by atoms with E-state index < -0.39 is 12.0 Å². The lowest BCUT2D eigenvalue weighted by molar-refractivity contribution is 0.150. The lowest BCUT2D eigenvalue weighted by Crippen LogP contribution is -2.13. The molecule has 0 bridgehead atoms. The van der Waals surface area contributed by atoms with Crippen molar-refractivity contribution in [2.75, 3.05) is 0 Å². The summed E-state index contributed by atoms with van der Waals surface area (Å²) in [6.07, 6.45) is -2.86. The predicted molar refractivity (Wildman–Crippen MR) is 49.0 cm³/mol. The second-order valence-corrected chi connectivity index (χ2v) is 3.32. The number of pyridine rings is 1. The van der Waals surface area contributed by atoms with Crippen LogP contribution in [0.1, 0.15) is 17.6 Å². The van der Waals surface area contributed by atoms with Crippen LogP contribution in [0.4, 0.5) is 8.78 Å². The molecule has 0 aliphatic rings. The zero-order chi connectivity index (χ0) is 10.7. The van der Waals surface area contributed by atoms with E-state index in [1.165, 1.54) is 0 Å². The number of aromatic nitrogens is 1. The molecule has 14 heavy (non-hydrogen) atoms. The van der Waals surface area contributed by atoms with Crippen molar-refractivity contribution in [3.63, 3.8) is 0 Å². The zero-order valence-electron chi connectivity index (χ0n) is 6.85. The van der Waals surface area contributed by atoms with E-state index in [9.17, 15) is 13.6 Å². The summed E-state index contributed by atoms with van der Waals surface area (Å²) in [5, 5.41) is 8.34. The van der Waals surface area contributed by atoms with E-state index in [1.54, 1.807) is 6.07 Å². The van der Waals surface area contributed by atoms with Gasteiger partial charge in [-0.25, -0.2) is 8.78 Å². The Kier molecular flexibility index (Phi) is 3.36. The summed E-state index contributed by atoms with van der Waals surface area (Å²) in [6.45, 7) is 0. The van der Waals surface area contributed by atoms with Crippen LogP contribution in [0, 0.1) is 11.3 Å². The Balaban J connectivity index is 3.29. The fourth-order valence-electron chi connectivity index (χ4n) is 0.944. The Morgan fingerprint density at radius 1 is 1.64 bits per heavy atom. The molecule has 0 radical (unpaired) electrons. The Morgan fingerprint density at radius 3 is 2.79 bits per heavy atom.